The van der Waals surface area contributed by atoms with Crippen LogP contribution in [0.2, 0.25) is 0 Å². The Labute approximate surface area is 118 Å². The summed E-state index contributed by atoms with van der Waals surface area (Å²) in [6.07, 6.45) is -2.99. The van der Waals surface area contributed by atoms with Gasteiger partial charge in [0, 0.05) is 6.54 Å². The quantitative estimate of drug-likeness (QED) is 0.780. The molecular weight excluding hydrogens is 266 g/mol. The topological polar surface area (TPSA) is 86.3 Å². The summed E-state index contributed by atoms with van der Waals surface area (Å²) in [5.41, 5.74) is -0.558. The van der Waals surface area contributed by atoms with Gasteiger partial charge in [0.05, 0.1) is 0 Å². The molecule has 7 heteroatoms. The fourth-order valence-corrected chi connectivity index (χ4v) is 2.32. The molecule has 1 amide bonds. The van der Waals surface area contributed by atoms with Gasteiger partial charge in [0.1, 0.15) is 23.9 Å². The van der Waals surface area contributed by atoms with Crippen molar-refractivity contribution in [1.29, 1.82) is 0 Å². The van der Waals surface area contributed by atoms with Gasteiger partial charge >= 0.3 is 6.09 Å². The predicted molar refractivity (Wildman–Crippen MR) is 68.9 cm³/mol. The summed E-state index contributed by atoms with van der Waals surface area (Å²) in [4.78, 5) is 11.6. The number of hydrogen-bond donors (Lipinski definition) is 2. The average molecular weight is 289 g/mol. The van der Waals surface area contributed by atoms with E-state index < -0.39 is 42.1 Å². The Balaban J connectivity index is 1.87. The SMILES string of the molecule is CC(C)(C)OC(=O)NC[C@H]1OC(O)[C@@H]2OC(C)(C)O[C@H]12. The zero-order chi connectivity index (χ0) is 15.1. The fourth-order valence-electron chi connectivity index (χ4n) is 2.32. The van der Waals surface area contributed by atoms with Gasteiger partial charge < -0.3 is 29.4 Å². The Kier molecular flexibility index (Phi) is 3.98. The molecule has 0 aliphatic carbocycles. The number of ether oxygens (including phenoxy) is 4. The number of amides is 1. The number of carbonyl (C=O) groups is 1. The van der Waals surface area contributed by atoms with E-state index in [-0.39, 0.29) is 6.54 Å². The average Bonchev–Trinajstić information content (AvgIpc) is 2.69. The highest BCUT2D eigenvalue weighted by Crippen LogP contribution is 2.37. The summed E-state index contributed by atoms with van der Waals surface area (Å²) in [6, 6.07) is 0. The van der Waals surface area contributed by atoms with Gasteiger partial charge in [0.15, 0.2) is 12.1 Å². The summed E-state index contributed by atoms with van der Waals surface area (Å²) in [5.74, 6) is -0.760. The van der Waals surface area contributed by atoms with Crippen molar-refractivity contribution in [2.45, 2.75) is 70.6 Å². The van der Waals surface area contributed by atoms with E-state index in [1.54, 1.807) is 34.6 Å². The lowest BCUT2D eigenvalue weighted by molar-refractivity contribution is -0.219. The van der Waals surface area contributed by atoms with Crippen LogP contribution in [0.4, 0.5) is 4.79 Å². The zero-order valence-electron chi connectivity index (χ0n) is 12.5. The molecule has 116 valence electrons. The number of rotatable bonds is 2. The van der Waals surface area contributed by atoms with Crippen LogP contribution < -0.4 is 5.32 Å². The maximum Gasteiger partial charge on any atom is 0.407 e. The van der Waals surface area contributed by atoms with Crippen LogP contribution in [0, 0.1) is 0 Å². The number of aliphatic hydroxyl groups excluding tert-OH is 1. The van der Waals surface area contributed by atoms with Crippen molar-refractivity contribution in [2.24, 2.45) is 0 Å². The van der Waals surface area contributed by atoms with Crippen LogP contribution in [0.1, 0.15) is 34.6 Å². The molecular formula is C13H23NO6. The van der Waals surface area contributed by atoms with Crippen molar-refractivity contribution in [1.82, 2.24) is 5.32 Å². The van der Waals surface area contributed by atoms with Crippen molar-refractivity contribution < 1.29 is 28.8 Å². The van der Waals surface area contributed by atoms with E-state index in [9.17, 15) is 9.90 Å². The first-order chi connectivity index (χ1) is 9.07. The van der Waals surface area contributed by atoms with Crippen molar-refractivity contribution in [2.75, 3.05) is 6.54 Å². The van der Waals surface area contributed by atoms with Gasteiger partial charge in [-0.3, -0.25) is 0 Å². The van der Waals surface area contributed by atoms with Gasteiger partial charge in [-0.05, 0) is 34.6 Å². The molecule has 0 spiro atoms. The molecule has 20 heavy (non-hydrogen) atoms. The molecule has 0 saturated carbocycles. The van der Waals surface area contributed by atoms with Crippen LogP contribution in [0.3, 0.4) is 0 Å². The largest absolute Gasteiger partial charge is 0.444 e. The molecule has 0 aromatic carbocycles. The molecule has 0 aromatic rings. The Morgan fingerprint density at radius 1 is 1.30 bits per heavy atom. The highest BCUT2D eigenvalue weighted by atomic mass is 16.8. The molecule has 2 aliphatic heterocycles. The predicted octanol–water partition coefficient (Wildman–Crippen LogP) is 0.748. The normalized spacial score (nSPS) is 35.7. The standard InChI is InChI=1S/C13H23NO6/c1-12(2,3)20-11(16)14-6-7-8-9(10(15)17-7)19-13(4,5)18-8/h7-10,15H,6H2,1-5H3,(H,14,16)/t7-,8-,9-,10?/m1/s1. The summed E-state index contributed by atoms with van der Waals surface area (Å²) in [7, 11) is 0. The molecule has 0 radical (unpaired) electrons. The molecule has 0 aromatic heterocycles. The van der Waals surface area contributed by atoms with Gasteiger partial charge in [0.25, 0.3) is 0 Å². The molecule has 7 nitrogen and oxygen atoms in total. The number of alkyl carbamates (subject to hydrolysis) is 1. The third-order valence-electron chi connectivity index (χ3n) is 2.97. The zero-order valence-corrected chi connectivity index (χ0v) is 12.5. The first kappa shape index (κ1) is 15.5. The fraction of sp³-hybridized carbons (Fsp3) is 0.923. The monoisotopic (exact) mass is 289 g/mol. The van der Waals surface area contributed by atoms with Gasteiger partial charge in [-0.25, -0.2) is 4.79 Å². The molecule has 2 fully saturated rings. The van der Waals surface area contributed by atoms with Crippen LogP contribution in [-0.4, -0.2) is 53.7 Å². The minimum atomic E-state index is -1.05. The highest BCUT2D eigenvalue weighted by Gasteiger charge is 2.54. The lowest BCUT2D eigenvalue weighted by Gasteiger charge is -2.24. The van der Waals surface area contributed by atoms with Crippen molar-refractivity contribution in [3.05, 3.63) is 0 Å². The van der Waals surface area contributed by atoms with Crippen LogP contribution in [0.25, 0.3) is 0 Å². The lowest BCUT2D eigenvalue weighted by atomic mass is 10.1. The molecule has 2 heterocycles. The maximum atomic E-state index is 11.6. The molecule has 0 bridgehead atoms. The molecule has 4 atom stereocenters. The molecule has 2 saturated heterocycles. The lowest BCUT2D eigenvalue weighted by Crippen LogP contribution is -2.41. The molecule has 2 rings (SSSR count). The first-order valence-corrected chi connectivity index (χ1v) is 6.73. The molecule has 2 aliphatic rings. The van der Waals surface area contributed by atoms with E-state index in [0.717, 1.165) is 0 Å². The van der Waals surface area contributed by atoms with E-state index in [2.05, 4.69) is 5.32 Å². The maximum absolute atomic E-state index is 11.6. The van der Waals surface area contributed by atoms with Crippen molar-refractivity contribution in [3.63, 3.8) is 0 Å². The minimum absolute atomic E-state index is 0.187. The number of hydrogen-bond acceptors (Lipinski definition) is 6. The third-order valence-corrected chi connectivity index (χ3v) is 2.97. The highest BCUT2D eigenvalue weighted by molar-refractivity contribution is 5.67. The number of aliphatic hydroxyl groups is 1. The molecule has 1 unspecified atom stereocenters. The summed E-state index contributed by atoms with van der Waals surface area (Å²) >= 11 is 0. The van der Waals surface area contributed by atoms with E-state index in [1.165, 1.54) is 0 Å². The van der Waals surface area contributed by atoms with E-state index in [4.69, 9.17) is 18.9 Å². The Bertz CT molecular complexity index is 378. The van der Waals surface area contributed by atoms with Crippen LogP contribution >= 0.6 is 0 Å². The smallest absolute Gasteiger partial charge is 0.407 e. The van der Waals surface area contributed by atoms with Crippen LogP contribution in [0.15, 0.2) is 0 Å². The molecule has 2 N–H and O–H groups in total. The van der Waals surface area contributed by atoms with E-state index >= 15 is 0 Å². The number of nitrogens with one attached hydrogen (secondary N) is 1. The summed E-state index contributed by atoms with van der Waals surface area (Å²) in [5, 5.41) is 12.4. The Morgan fingerprint density at radius 2 is 1.90 bits per heavy atom. The van der Waals surface area contributed by atoms with Crippen LogP contribution in [0.5, 0.6) is 0 Å². The second-order valence-electron chi connectivity index (χ2n) is 6.51. The summed E-state index contributed by atoms with van der Waals surface area (Å²) < 4.78 is 21.7. The van der Waals surface area contributed by atoms with Gasteiger partial charge in [-0.2, -0.15) is 0 Å². The van der Waals surface area contributed by atoms with E-state index in [0.29, 0.717) is 0 Å². The van der Waals surface area contributed by atoms with Gasteiger partial charge in [-0.1, -0.05) is 0 Å². The number of carbonyl (C=O) groups excluding carboxylic acids is 1. The Morgan fingerprint density at radius 3 is 2.50 bits per heavy atom. The van der Waals surface area contributed by atoms with Crippen molar-refractivity contribution >= 4 is 6.09 Å². The minimum Gasteiger partial charge on any atom is -0.444 e. The second kappa shape index (κ2) is 5.14. The second-order valence-corrected chi connectivity index (χ2v) is 6.51. The van der Waals surface area contributed by atoms with Gasteiger partial charge in [-0.15, -0.1) is 0 Å². The van der Waals surface area contributed by atoms with Crippen LogP contribution in [-0.2, 0) is 18.9 Å². The summed E-state index contributed by atoms with van der Waals surface area (Å²) in [6.45, 7) is 9.10. The van der Waals surface area contributed by atoms with Crippen molar-refractivity contribution in [3.8, 4) is 0 Å². The van der Waals surface area contributed by atoms with Gasteiger partial charge in [0.2, 0.25) is 0 Å². The first-order valence-electron chi connectivity index (χ1n) is 6.73. The Hall–Kier alpha value is -0.890. The van der Waals surface area contributed by atoms with E-state index in [1.807, 2.05) is 0 Å². The third kappa shape index (κ3) is 3.60. The number of fused-ring (bicyclic) bond motifs is 1.